The summed E-state index contributed by atoms with van der Waals surface area (Å²) in [6.45, 7) is 0.171. The molecule has 1 aliphatic carbocycles. The van der Waals surface area contributed by atoms with E-state index in [1.807, 2.05) is 0 Å². The van der Waals surface area contributed by atoms with Gasteiger partial charge in [0, 0.05) is 36.3 Å². The van der Waals surface area contributed by atoms with Gasteiger partial charge in [-0.05, 0) is 42.9 Å². The molecule has 0 bridgehead atoms. The van der Waals surface area contributed by atoms with Crippen LogP contribution in [0.25, 0.3) is 11.3 Å². The molecule has 146 valence electrons. The third kappa shape index (κ3) is 5.56. The molecule has 1 fully saturated rings. The zero-order chi connectivity index (χ0) is 19.4. The van der Waals surface area contributed by atoms with E-state index >= 15 is 0 Å². The van der Waals surface area contributed by atoms with Crippen molar-refractivity contribution in [2.24, 2.45) is 5.92 Å². The van der Waals surface area contributed by atoms with Crippen molar-refractivity contribution >= 4 is 17.3 Å². The molecular weight excluding hydrogens is 379 g/mol. The lowest BCUT2D eigenvalue weighted by atomic mass is 9.86. The zero-order valence-electron chi connectivity index (χ0n) is 14.6. The van der Waals surface area contributed by atoms with Gasteiger partial charge in [-0.1, -0.05) is 24.1 Å². The molecule has 0 spiro atoms. The minimum Gasteiger partial charge on any atom is -0.396 e. The van der Waals surface area contributed by atoms with Crippen LogP contribution in [0, 0.1) is 5.92 Å². The molecule has 2 atom stereocenters. The van der Waals surface area contributed by atoms with E-state index in [-0.39, 0.29) is 24.1 Å². The van der Waals surface area contributed by atoms with E-state index in [1.54, 1.807) is 18.3 Å². The van der Waals surface area contributed by atoms with Crippen LogP contribution >= 0.6 is 11.6 Å². The molecule has 8 heteroatoms. The fraction of sp³-hybridized carbons (Fsp3) is 0.474. The molecule has 2 aromatic rings. The highest BCUT2D eigenvalue weighted by Crippen LogP contribution is 2.32. The molecule has 3 rings (SSSR count). The molecule has 27 heavy (non-hydrogen) atoms. The average molecular weight is 400 g/mol. The Balaban J connectivity index is 1.81. The van der Waals surface area contributed by atoms with Gasteiger partial charge in [0.1, 0.15) is 5.15 Å². The highest BCUT2D eigenvalue weighted by molar-refractivity contribution is 6.29. The first-order chi connectivity index (χ1) is 12.8. The second-order valence-corrected chi connectivity index (χ2v) is 7.34. The van der Waals surface area contributed by atoms with Gasteiger partial charge in [-0.25, -0.2) is 4.98 Å². The number of nitrogens with one attached hydrogen (secondary N) is 1. The number of pyridine rings is 2. The maximum atomic E-state index is 12.5. The fourth-order valence-corrected chi connectivity index (χ4v) is 3.64. The number of alkyl halides is 3. The predicted molar refractivity (Wildman–Crippen MR) is 98.7 cm³/mol. The minimum absolute atomic E-state index is 0.112. The Hall–Kier alpha value is -1.86. The Morgan fingerprint density at radius 2 is 2.00 bits per heavy atom. The number of hydrogen-bond acceptors (Lipinski definition) is 4. The van der Waals surface area contributed by atoms with E-state index in [9.17, 15) is 18.3 Å². The average Bonchev–Trinajstić information content (AvgIpc) is 2.62. The van der Waals surface area contributed by atoms with Crippen LogP contribution in [-0.4, -0.2) is 33.9 Å². The molecule has 0 aromatic carbocycles. The van der Waals surface area contributed by atoms with E-state index in [2.05, 4.69) is 15.3 Å². The molecule has 0 saturated heterocycles. The molecule has 2 aromatic heterocycles. The van der Waals surface area contributed by atoms with Crippen molar-refractivity contribution < 1.29 is 18.3 Å². The molecule has 1 aliphatic rings. The molecule has 0 aliphatic heterocycles. The van der Waals surface area contributed by atoms with Crippen molar-refractivity contribution in [1.29, 1.82) is 0 Å². The maximum absolute atomic E-state index is 12.5. The summed E-state index contributed by atoms with van der Waals surface area (Å²) in [6, 6.07) is 4.88. The maximum Gasteiger partial charge on any atom is 0.393 e. The van der Waals surface area contributed by atoms with Gasteiger partial charge in [-0.2, -0.15) is 13.2 Å². The second kappa shape index (κ2) is 8.44. The van der Waals surface area contributed by atoms with Crippen molar-refractivity contribution in [1.82, 2.24) is 9.97 Å². The zero-order valence-corrected chi connectivity index (χ0v) is 15.4. The monoisotopic (exact) mass is 399 g/mol. The summed E-state index contributed by atoms with van der Waals surface area (Å²) in [5.74, 6) is 0.275. The molecule has 2 heterocycles. The minimum atomic E-state index is -4.26. The van der Waals surface area contributed by atoms with Crippen LogP contribution in [0.3, 0.4) is 0 Å². The lowest BCUT2D eigenvalue weighted by Crippen LogP contribution is -2.29. The number of nitrogens with zero attached hydrogens (tertiary/aromatic N) is 2. The van der Waals surface area contributed by atoms with Gasteiger partial charge in [0.25, 0.3) is 0 Å². The van der Waals surface area contributed by atoms with E-state index in [0.717, 1.165) is 31.4 Å². The SMILES string of the molecule is OC[C@H]1CCC[C@H](Nc2cc(Cl)ncc2-c2ccc(CC(F)(F)F)cn2)C1. The van der Waals surface area contributed by atoms with Crippen LogP contribution in [0.4, 0.5) is 18.9 Å². The summed E-state index contributed by atoms with van der Waals surface area (Å²) < 4.78 is 37.5. The van der Waals surface area contributed by atoms with Crippen LogP contribution in [0.5, 0.6) is 0 Å². The summed E-state index contributed by atoms with van der Waals surface area (Å²) >= 11 is 6.04. The van der Waals surface area contributed by atoms with Crippen molar-refractivity contribution in [3.05, 3.63) is 41.3 Å². The number of anilines is 1. The lowest BCUT2D eigenvalue weighted by molar-refractivity contribution is -0.127. The molecular formula is C19H21ClF3N3O. The molecule has 4 nitrogen and oxygen atoms in total. The lowest BCUT2D eigenvalue weighted by Gasteiger charge is -2.30. The van der Waals surface area contributed by atoms with Gasteiger partial charge in [0.15, 0.2) is 0 Å². The summed E-state index contributed by atoms with van der Waals surface area (Å²) in [5.41, 5.74) is 2.07. The van der Waals surface area contributed by atoms with Crippen molar-refractivity contribution in [3.63, 3.8) is 0 Å². The largest absolute Gasteiger partial charge is 0.396 e. The van der Waals surface area contributed by atoms with Gasteiger partial charge < -0.3 is 10.4 Å². The smallest absolute Gasteiger partial charge is 0.393 e. The van der Waals surface area contributed by atoms with Crippen molar-refractivity contribution in [2.45, 2.75) is 44.3 Å². The highest BCUT2D eigenvalue weighted by Gasteiger charge is 2.28. The summed E-state index contributed by atoms with van der Waals surface area (Å²) in [6.07, 6.45) is 1.42. The van der Waals surface area contributed by atoms with Crippen LogP contribution in [-0.2, 0) is 6.42 Å². The van der Waals surface area contributed by atoms with Crippen LogP contribution in [0.1, 0.15) is 31.2 Å². The highest BCUT2D eigenvalue weighted by atomic mass is 35.5. The third-order valence-corrected chi connectivity index (χ3v) is 4.98. The van der Waals surface area contributed by atoms with Gasteiger partial charge in [-0.3, -0.25) is 4.98 Å². The Morgan fingerprint density at radius 3 is 2.67 bits per heavy atom. The molecule has 0 amide bonds. The molecule has 2 N–H and O–H groups in total. The Bertz CT molecular complexity index is 768. The van der Waals surface area contributed by atoms with Gasteiger partial charge in [-0.15, -0.1) is 0 Å². The number of aliphatic hydroxyl groups excluding tert-OH is 1. The van der Waals surface area contributed by atoms with Crippen LogP contribution < -0.4 is 5.32 Å². The molecule has 0 unspecified atom stereocenters. The normalized spacial score (nSPS) is 20.5. The molecule has 0 radical (unpaired) electrons. The second-order valence-electron chi connectivity index (χ2n) is 6.95. The van der Waals surface area contributed by atoms with Gasteiger partial charge >= 0.3 is 6.18 Å². The first kappa shape index (κ1) is 19.9. The molecule has 1 saturated carbocycles. The van der Waals surface area contributed by atoms with E-state index in [1.165, 1.54) is 12.3 Å². The predicted octanol–water partition coefficient (Wildman–Crippen LogP) is 4.86. The Morgan fingerprint density at radius 1 is 1.19 bits per heavy atom. The topological polar surface area (TPSA) is 58.0 Å². The van der Waals surface area contributed by atoms with E-state index in [4.69, 9.17) is 11.6 Å². The van der Waals surface area contributed by atoms with E-state index in [0.29, 0.717) is 16.4 Å². The Kier molecular flexibility index (Phi) is 6.22. The quantitative estimate of drug-likeness (QED) is 0.704. The number of rotatable bonds is 5. The van der Waals surface area contributed by atoms with Gasteiger partial charge in [0.05, 0.1) is 12.1 Å². The summed E-state index contributed by atoms with van der Waals surface area (Å²) in [5, 5.41) is 13.2. The number of aromatic nitrogens is 2. The number of aliphatic hydroxyl groups is 1. The van der Waals surface area contributed by atoms with Gasteiger partial charge in [0.2, 0.25) is 0 Å². The van der Waals surface area contributed by atoms with Crippen LogP contribution in [0.2, 0.25) is 5.15 Å². The van der Waals surface area contributed by atoms with Crippen molar-refractivity contribution in [3.8, 4) is 11.3 Å². The van der Waals surface area contributed by atoms with Crippen molar-refractivity contribution in [2.75, 3.05) is 11.9 Å². The standard InChI is InChI=1S/C19H21ClF3N3O/c20-18-7-17(26-14-3-1-2-12(6-14)11-27)15(10-25-18)16-5-4-13(9-24-16)8-19(21,22)23/h4-5,7,9-10,12,14,27H,1-3,6,8,11H2,(H,25,26)/t12-,14-/m0/s1. The Labute approximate surface area is 160 Å². The number of hydrogen-bond donors (Lipinski definition) is 2. The third-order valence-electron chi connectivity index (χ3n) is 4.78. The summed E-state index contributed by atoms with van der Waals surface area (Å²) in [4.78, 5) is 8.27. The van der Waals surface area contributed by atoms with E-state index < -0.39 is 12.6 Å². The number of halogens is 4. The summed E-state index contributed by atoms with van der Waals surface area (Å²) in [7, 11) is 0. The van der Waals surface area contributed by atoms with Crippen LogP contribution in [0.15, 0.2) is 30.6 Å². The first-order valence-corrected chi connectivity index (χ1v) is 9.27. The first-order valence-electron chi connectivity index (χ1n) is 8.89. The fourth-order valence-electron chi connectivity index (χ4n) is 3.48.